The molecule has 16 heteroatoms. The highest BCUT2D eigenvalue weighted by molar-refractivity contribution is 7.89. The number of sulfonamides is 1. The number of carboxylic acid groups (broad SMARTS) is 1. The fourth-order valence-corrected chi connectivity index (χ4v) is 8.44. The Balaban J connectivity index is 1.46. The number of anilines is 1. The number of aryl methyl sites for hydroxylation is 2. The van der Waals surface area contributed by atoms with Crippen molar-refractivity contribution in [1.82, 2.24) is 28.9 Å². The third-order valence-corrected chi connectivity index (χ3v) is 11.3. The van der Waals surface area contributed by atoms with E-state index < -0.39 is 39.3 Å². The molecule has 1 N–H and O–H groups in total. The highest BCUT2D eigenvalue weighted by Crippen LogP contribution is 2.44. The molecule has 2 aliphatic rings. The number of hydrogen-bond acceptors (Lipinski definition) is 9. The van der Waals surface area contributed by atoms with Crippen molar-refractivity contribution in [3.63, 3.8) is 0 Å². The molecule has 2 aliphatic heterocycles. The van der Waals surface area contributed by atoms with Crippen molar-refractivity contribution >= 4 is 27.5 Å². The SMILES string of the molecule is Cc1ncc(C(c2ccn3c(C(F)(F)F)nnc3c2C)C(C)(C)C(=O)O)cc1CN1C[C@H]2CCCCN2c2ncc(C#N)cc2S1(=O)=O. The van der Waals surface area contributed by atoms with Crippen LogP contribution in [0.4, 0.5) is 19.0 Å². The van der Waals surface area contributed by atoms with Gasteiger partial charge in [0, 0.05) is 55.9 Å². The average Bonchev–Trinajstić information content (AvgIpc) is 3.46. The van der Waals surface area contributed by atoms with Crippen molar-refractivity contribution in [2.45, 2.75) is 76.5 Å². The van der Waals surface area contributed by atoms with E-state index in [0.717, 1.165) is 23.7 Å². The number of rotatable bonds is 6. The summed E-state index contributed by atoms with van der Waals surface area (Å²) in [5, 5.41) is 27.0. The maximum Gasteiger partial charge on any atom is 0.452 e. The van der Waals surface area contributed by atoms with Crippen LogP contribution in [0.1, 0.15) is 78.4 Å². The number of fused-ring (bicyclic) bond motifs is 4. The minimum atomic E-state index is -4.75. The van der Waals surface area contributed by atoms with Crippen molar-refractivity contribution in [3.05, 3.63) is 76.1 Å². The van der Waals surface area contributed by atoms with Crippen molar-refractivity contribution in [3.8, 4) is 6.07 Å². The number of pyridine rings is 3. The van der Waals surface area contributed by atoms with Gasteiger partial charge in [-0.3, -0.25) is 14.2 Å². The summed E-state index contributed by atoms with van der Waals surface area (Å²) in [6, 6.07) is 6.33. The molecule has 12 nitrogen and oxygen atoms in total. The summed E-state index contributed by atoms with van der Waals surface area (Å²) in [5.41, 5.74) is 0.777. The van der Waals surface area contributed by atoms with Crippen molar-refractivity contribution in [1.29, 1.82) is 5.26 Å². The Morgan fingerprint density at radius 2 is 1.90 bits per heavy atom. The summed E-state index contributed by atoms with van der Waals surface area (Å²) >= 11 is 0. The second-order valence-corrected chi connectivity index (χ2v) is 14.8. The van der Waals surface area contributed by atoms with Gasteiger partial charge in [0.1, 0.15) is 16.8 Å². The molecule has 4 aromatic rings. The third kappa shape index (κ3) is 5.54. The molecule has 6 heterocycles. The number of carbonyl (C=O) groups is 1. The Bertz CT molecular complexity index is 2090. The fourth-order valence-electron chi connectivity index (χ4n) is 6.81. The average molecular weight is 683 g/mol. The zero-order chi connectivity index (χ0) is 34.8. The van der Waals surface area contributed by atoms with E-state index in [1.165, 1.54) is 48.9 Å². The van der Waals surface area contributed by atoms with Crippen LogP contribution < -0.4 is 4.90 Å². The van der Waals surface area contributed by atoms with E-state index in [1.54, 1.807) is 19.9 Å². The number of nitrogens with zero attached hydrogens (tertiary/aromatic N) is 8. The predicted octanol–water partition coefficient (Wildman–Crippen LogP) is 4.83. The lowest BCUT2D eigenvalue weighted by molar-refractivity contribution is -0.147. The van der Waals surface area contributed by atoms with Gasteiger partial charge in [0.2, 0.25) is 15.8 Å². The smallest absolute Gasteiger partial charge is 0.452 e. The van der Waals surface area contributed by atoms with Crippen LogP contribution in [0.5, 0.6) is 0 Å². The molecule has 0 saturated carbocycles. The molecule has 0 spiro atoms. The third-order valence-electron chi connectivity index (χ3n) is 9.49. The Labute approximate surface area is 274 Å². The first-order chi connectivity index (χ1) is 22.5. The molecule has 0 bridgehead atoms. The van der Waals surface area contributed by atoms with Crippen molar-refractivity contribution in [2.75, 3.05) is 18.0 Å². The van der Waals surface area contributed by atoms with E-state index in [-0.39, 0.29) is 35.2 Å². The highest BCUT2D eigenvalue weighted by atomic mass is 32.2. The van der Waals surface area contributed by atoms with Gasteiger partial charge in [-0.1, -0.05) is 6.07 Å². The summed E-state index contributed by atoms with van der Waals surface area (Å²) in [5.74, 6) is -2.96. The largest absolute Gasteiger partial charge is 0.481 e. The molecule has 0 amide bonds. The number of aromatic nitrogens is 5. The minimum absolute atomic E-state index is 0.0481. The number of hydrogen-bond donors (Lipinski definition) is 1. The predicted molar refractivity (Wildman–Crippen MR) is 166 cm³/mol. The van der Waals surface area contributed by atoms with E-state index in [9.17, 15) is 36.8 Å². The quantitative estimate of drug-likeness (QED) is 0.299. The first-order valence-electron chi connectivity index (χ1n) is 15.3. The molecule has 1 fully saturated rings. The topological polar surface area (TPSA) is 158 Å². The zero-order valence-electron chi connectivity index (χ0n) is 26.7. The van der Waals surface area contributed by atoms with E-state index >= 15 is 0 Å². The van der Waals surface area contributed by atoms with E-state index in [1.807, 2.05) is 11.0 Å². The molecule has 4 aromatic heterocycles. The Morgan fingerprint density at radius 3 is 2.58 bits per heavy atom. The first-order valence-corrected chi connectivity index (χ1v) is 16.8. The van der Waals surface area contributed by atoms with Crippen LogP contribution in [0.25, 0.3) is 5.65 Å². The van der Waals surface area contributed by atoms with Gasteiger partial charge in [-0.15, -0.1) is 10.2 Å². The maximum absolute atomic E-state index is 14.2. The lowest BCUT2D eigenvalue weighted by Gasteiger charge is -2.36. The van der Waals surface area contributed by atoms with E-state index in [0.29, 0.717) is 40.3 Å². The van der Waals surface area contributed by atoms with Gasteiger partial charge in [-0.05, 0) is 81.3 Å². The fraction of sp³-hybridized carbons (Fsp3) is 0.438. The van der Waals surface area contributed by atoms with Gasteiger partial charge >= 0.3 is 12.1 Å². The van der Waals surface area contributed by atoms with E-state index in [2.05, 4.69) is 20.2 Å². The van der Waals surface area contributed by atoms with Crippen molar-refractivity contribution in [2.24, 2.45) is 5.41 Å². The molecule has 0 radical (unpaired) electrons. The summed E-state index contributed by atoms with van der Waals surface area (Å²) in [7, 11) is -4.15. The monoisotopic (exact) mass is 682 g/mol. The maximum atomic E-state index is 14.2. The number of nitriles is 1. The highest BCUT2D eigenvalue weighted by Gasteiger charge is 2.43. The van der Waals surface area contributed by atoms with Crippen LogP contribution in [0.15, 0.2) is 41.7 Å². The molecule has 0 aromatic carbocycles. The van der Waals surface area contributed by atoms with Crippen LogP contribution >= 0.6 is 0 Å². The number of alkyl halides is 3. The van der Waals surface area contributed by atoms with Crippen LogP contribution in [-0.4, -0.2) is 67.5 Å². The van der Waals surface area contributed by atoms with Gasteiger partial charge in [-0.25, -0.2) is 13.4 Å². The second kappa shape index (κ2) is 11.8. The molecular formula is C32H33F3N8O4S. The molecule has 252 valence electrons. The van der Waals surface area contributed by atoms with E-state index in [4.69, 9.17) is 0 Å². The van der Waals surface area contributed by atoms with Crippen LogP contribution in [0, 0.1) is 30.6 Å². The van der Waals surface area contributed by atoms with Gasteiger partial charge in [0.05, 0.1) is 11.0 Å². The zero-order valence-corrected chi connectivity index (χ0v) is 27.5. The lowest BCUT2D eigenvalue weighted by atomic mass is 9.70. The number of carboxylic acids is 1. The molecular weight excluding hydrogens is 649 g/mol. The van der Waals surface area contributed by atoms with Crippen molar-refractivity contribution < 1.29 is 31.5 Å². The minimum Gasteiger partial charge on any atom is -0.481 e. The van der Waals surface area contributed by atoms with Crippen LogP contribution in [0.2, 0.25) is 0 Å². The van der Waals surface area contributed by atoms with Gasteiger partial charge in [0.25, 0.3) is 0 Å². The molecule has 1 saturated heterocycles. The summed E-state index contributed by atoms with van der Waals surface area (Å²) in [4.78, 5) is 23.6. The molecule has 0 aliphatic carbocycles. The summed E-state index contributed by atoms with van der Waals surface area (Å²) < 4.78 is 71.4. The summed E-state index contributed by atoms with van der Waals surface area (Å²) in [6.45, 7) is 7.02. The Hall–Kier alpha value is -4.62. The van der Waals surface area contributed by atoms with Crippen LogP contribution in [-0.2, 0) is 27.5 Å². The second-order valence-electron chi connectivity index (χ2n) is 12.9. The first kappa shape index (κ1) is 33.3. The summed E-state index contributed by atoms with van der Waals surface area (Å²) in [6.07, 6.45) is 1.86. The Morgan fingerprint density at radius 1 is 1.15 bits per heavy atom. The van der Waals surface area contributed by atoms with Gasteiger partial charge in [0.15, 0.2) is 5.65 Å². The molecule has 48 heavy (non-hydrogen) atoms. The molecule has 6 rings (SSSR count). The van der Waals surface area contributed by atoms with Gasteiger partial charge < -0.3 is 10.0 Å². The number of halogens is 3. The molecule has 1 unspecified atom stereocenters. The Kier molecular flexibility index (Phi) is 8.19. The normalized spacial score (nSPS) is 18.9. The van der Waals surface area contributed by atoms with Crippen LogP contribution in [0.3, 0.4) is 0 Å². The molecule has 2 atom stereocenters. The number of aliphatic carboxylic acids is 1. The van der Waals surface area contributed by atoms with Gasteiger partial charge in [-0.2, -0.15) is 22.7 Å². The standard InChI is InChI=1S/C32H33F3N8O4S/c1-18-24(8-10-43-27(18)39-40-29(43)32(33,34)35)26(31(3,4)30(44)45)21-12-22(19(2)37-15-21)16-41-17-23-7-5-6-9-42(23)28-25(48(41,46)47)11-20(13-36)14-38-28/h8,10-12,14-15,23,26H,5-7,9,16-17H2,1-4H3,(H,44,45)/t23-,26?/m1/s1. The number of piperidine rings is 1. The lowest BCUT2D eigenvalue weighted by Crippen LogP contribution is -2.45.